The highest BCUT2D eigenvalue weighted by Gasteiger charge is 2.23. The van der Waals surface area contributed by atoms with Gasteiger partial charge in [-0.2, -0.15) is 4.98 Å². The predicted molar refractivity (Wildman–Crippen MR) is 112 cm³/mol. The van der Waals surface area contributed by atoms with E-state index in [0.29, 0.717) is 50.2 Å². The minimum absolute atomic E-state index is 0.137. The third-order valence-corrected chi connectivity index (χ3v) is 5.17. The molecule has 0 radical (unpaired) electrons. The number of ether oxygens (including phenoxy) is 1. The Morgan fingerprint density at radius 2 is 1.77 bits per heavy atom. The lowest BCUT2D eigenvalue weighted by atomic mass is 10.1. The van der Waals surface area contributed by atoms with Gasteiger partial charge in [0.25, 0.3) is 0 Å². The van der Waals surface area contributed by atoms with Crippen LogP contribution in [0.3, 0.4) is 0 Å². The Morgan fingerprint density at radius 1 is 1.03 bits per heavy atom. The van der Waals surface area contributed by atoms with Gasteiger partial charge >= 0.3 is 0 Å². The molecule has 0 bridgehead atoms. The summed E-state index contributed by atoms with van der Waals surface area (Å²) < 4.78 is 18.7. The number of hydrogen-bond acceptors (Lipinski definition) is 5. The van der Waals surface area contributed by atoms with Crippen molar-refractivity contribution in [2.75, 3.05) is 31.1 Å². The highest BCUT2D eigenvalue weighted by molar-refractivity contribution is 5.79. The summed E-state index contributed by atoms with van der Waals surface area (Å²) in [6.45, 7) is 4.58. The minimum Gasteiger partial charge on any atom is -0.439 e. The molecule has 1 saturated heterocycles. The van der Waals surface area contributed by atoms with Crippen LogP contribution in [0.15, 0.2) is 60.8 Å². The van der Waals surface area contributed by atoms with E-state index in [2.05, 4.69) is 9.97 Å². The number of carbonyl (C=O) groups excluding carboxylic acids is 1. The number of aryl methyl sites for hydroxylation is 1. The number of aromatic nitrogens is 2. The molecule has 1 aliphatic heterocycles. The molecule has 1 fully saturated rings. The van der Waals surface area contributed by atoms with Gasteiger partial charge in [-0.3, -0.25) is 4.79 Å². The Labute approximate surface area is 174 Å². The van der Waals surface area contributed by atoms with Crippen LogP contribution in [0.5, 0.6) is 11.6 Å². The molecule has 0 spiro atoms. The van der Waals surface area contributed by atoms with Crippen LogP contribution in [0.4, 0.5) is 10.3 Å². The van der Waals surface area contributed by atoms with Gasteiger partial charge in [-0.15, -0.1) is 0 Å². The molecule has 1 aliphatic rings. The van der Waals surface area contributed by atoms with Crippen LogP contribution in [0.2, 0.25) is 0 Å². The number of anilines is 1. The molecule has 30 heavy (non-hydrogen) atoms. The highest BCUT2D eigenvalue weighted by atomic mass is 19.1. The molecule has 2 aromatic carbocycles. The zero-order chi connectivity index (χ0) is 20.9. The number of piperazine rings is 1. The quantitative estimate of drug-likeness (QED) is 0.648. The lowest BCUT2D eigenvalue weighted by Gasteiger charge is -2.35. The first kappa shape index (κ1) is 19.8. The first-order valence-electron chi connectivity index (χ1n) is 9.92. The third-order valence-electron chi connectivity index (χ3n) is 5.17. The van der Waals surface area contributed by atoms with Gasteiger partial charge < -0.3 is 14.5 Å². The third kappa shape index (κ3) is 4.74. The van der Waals surface area contributed by atoms with Crippen molar-refractivity contribution >= 4 is 11.9 Å². The average molecular weight is 406 g/mol. The van der Waals surface area contributed by atoms with E-state index in [1.54, 1.807) is 24.4 Å². The van der Waals surface area contributed by atoms with Crippen LogP contribution >= 0.6 is 0 Å². The van der Waals surface area contributed by atoms with Gasteiger partial charge in [-0.1, -0.05) is 24.3 Å². The molecule has 0 aliphatic carbocycles. The summed E-state index contributed by atoms with van der Waals surface area (Å²) in [5.41, 5.74) is 2.20. The standard InChI is InChI=1S/C23H23FN4O2/c1-17-4-2-3-5-18(17)16-22(29)27-12-14-28(15-13-27)23-25-11-10-21(26-23)30-20-8-6-19(24)7-9-20/h2-11H,12-16H2,1H3. The van der Waals surface area contributed by atoms with Crippen LogP contribution in [-0.4, -0.2) is 47.0 Å². The van der Waals surface area contributed by atoms with E-state index in [1.165, 1.54) is 12.1 Å². The predicted octanol–water partition coefficient (Wildman–Crippen LogP) is 3.61. The Morgan fingerprint density at radius 3 is 2.50 bits per heavy atom. The molecular weight excluding hydrogens is 383 g/mol. The van der Waals surface area contributed by atoms with Gasteiger partial charge in [0.05, 0.1) is 6.42 Å². The van der Waals surface area contributed by atoms with Gasteiger partial charge in [-0.05, 0) is 42.3 Å². The second-order valence-corrected chi connectivity index (χ2v) is 7.22. The number of carbonyl (C=O) groups is 1. The maximum absolute atomic E-state index is 13.0. The SMILES string of the molecule is Cc1ccccc1CC(=O)N1CCN(c2nccc(Oc3ccc(F)cc3)n2)CC1. The van der Waals surface area contributed by atoms with Crippen molar-refractivity contribution in [1.82, 2.24) is 14.9 Å². The molecule has 154 valence electrons. The summed E-state index contributed by atoms with van der Waals surface area (Å²) in [6, 6.07) is 15.4. The van der Waals surface area contributed by atoms with E-state index in [0.717, 1.165) is 11.1 Å². The largest absolute Gasteiger partial charge is 0.439 e. The van der Waals surface area contributed by atoms with Crippen LogP contribution in [0.1, 0.15) is 11.1 Å². The normalized spacial score (nSPS) is 13.9. The first-order chi connectivity index (χ1) is 14.6. The Hall–Kier alpha value is -3.48. The first-order valence-corrected chi connectivity index (χ1v) is 9.92. The Bertz CT molecular complexity index is 1020. The number of benzene rings is 2. The molecule has 3 aromatic rings. The molecule has 7 heteroatoms. The minimum atomic E-state index is -0.319. The fourth-order valence-electron chi connectivity index (χ4n) is 3.40. The zero-order valence-electron chi connectivity index (χ0n) is 16.8. The van der Waals surface area contributed by atoms with E-state index in [1.807, 2.05) is 41.0 Å². The van der Waals surface area contributed by atoms with Gasteiger partial charge in [0.1, 0.15) is 11.6 Å². The molecule has 0 saturated carbocycles. The van der Waals surface area contributed by atoms with Crippen LogP contribution in [-0.2, 0) is 11.2 Å². The van der Waals surface area contributed by atoms with Gasteiger partial charge in [0.2, 0.25) is 17.7 Å². The van der Waals surface area contributed by atoms with Crippen LogP contribution < -0.4 is 9.64 Å². The molecular formula is C23H23FN4O2. The Kier molecular flexibility index (Phi) is 5.88. The van der Waals surface area contributed by atoms with Crippen molar-refractivity contribution in [1.29, 1.82) is 0 Å². The van der Waals surface area contributed by atoms with Crippen molar-refractivity contribution in [3.05, 3.63) is 77.7 Å². The summed E-state index contributed by atoms with van der Waals surface area (Å²) in [5, 5.41) is 0. The number of hydrogen-bond donors (Lipinski definition) is 0. The summed E-state index contributed by atoms with van der Waals surface area (Å²) in [5.74, 6) is 1.27. The summed E-state index contributed by atoms with van der Waals surface area (Å²) in [4.78, 5) is 25.4. The van der Waals surface area contributed by atoms with Crippen LogP contribution in [0.25, 0.3) is 0 Å². The van der Waals surface area contributed by atoms with E-state index in [9.17, 15) is 9.18 Å². The van der Waals surface area contributed by atoms with Gasteiger partial charge in [-0.25, -0.2) is 9.37 Å². The Balaban J connectivity index is 1.35. The second-order valence-electron chi connectivity index (χ2n) is 7.22. The van der Waals surface area contributed by atoms with Crippen molar-refractivity contribution in [3.8, 4) is 11.6 Å². The summed E-state index contributed by atoms with van der Waals surface area (Å²) in [7, 11) is 0. The van der Waals surface area contributed by atoms with Gasteiger partial charge in [0, 0.05) is 38.4 Å². The van der Waals surface area contributed by atoms with E-state index in [-0.39, 0.29) is 11.7 Å². The zero-order valence-corrected chi connectivity index (χ0v) is 16.8. The maximum Gasteiger partial charge on any atom is 0.228 e. The van der Waals surface area contributed by atoms with Crippen molar-refractivity contribution in [2.45, 2.75) is 13.3 Å². The molecule has 6 nitrogen and oxygen atoms in total. The smallest absolute Gasteiger partial charge is 0.228 e. The molecule has 1 aromatic heterocycles. The maximum atomic E-state index is 13.0. The van der Waals surface area contributed by atoms with E-state index < -0.39 is 0 Å². The van der Waals surface area contributed by atoms with E-state index in [4.69, 9.17) is 4.74 Å². The van der Waals surface area contributed by atoms with Crippen molar-refractivity contribution in [3.63, 3.8) is 0 Å². The van der Waals surface area contributed by atoms with Crippen molar-refractivity contribution in [2.24, 2.45) is 0 Å². The number of amides is 1. The number of rotatable bonds is 5. The van der Waals surface area contributed by atoms with Crippen LogP contribution in [0, 0.1) is 12.7 Å². The number of halogens is 1. The lowest BCUT2D eigenvalue weighted by Crippen LogP contribution is -2.49. The lowest BCUT2D eigenvalue weighted by molar-refractivity contribution is -0.130. The average Bonchev–Trinajstić information content (AvgIpc) is 2.77. The monoisotopic (exact) mass is 406 g/mol. The van der Waals surface area contributed by atoms with E-state index >= 15 is 0 Å². The second kappa shape index (κ2) is 8.90. The highest BCUT2D eigenvalue weighted by Crippen LogP contribution is 2.22. The fraction of sp³-hybridized carbons (Fsp3) is 0.261. The van der Waals surface area contributed by atoms with Gasteiger partial charge in [0.15, 0.2) is 0 Å². The molecule has 0 N–H and O–H groups in total. The molecule has 0 atom stereocenters. The summed E-state index contributed by atoms with van der Waals surface area (Å²) >= 11 is 0. The number of nitrogens with zero attached hydrogens (tertiary/aromatic N) is 4. The summed E-state index contributed by atoms with van der Waals surface area (Å²) in [6.07, 6.45) is 2.06. The van der Waals surface area contributed by atoms with Crippen molar-refractivity contribution < 1.29 is 13.9 Å². The molecule has 2 heterocycles. The molecule has 1 amide bonds. The topological polar surface area (TPSA) is 58.6 Å². The molecule has 4 rings (SSSR count). The molecule has 0 unspecified atom stereocenters. The fourth-order valence-corrected chi connectivity index (χ4v) is 3.40.